The van der Waals surface area contributed by atoms with E-state index in [-0.39, 0.29) is 6.61 Å². The van der Waals surface area contributed by atoms with E-state index in [0.29, 0.717) is 18.6 Å². The van der Waals surface area contributed by atoms with Gasteiger partial charge in [-0.15, -0.1) is 0 Å². The van der Waals surface area contributed by atoms with Crippen LogP contribution in [0.5, 0.6) is 0 Å². The summed E-state index contributed by atoms with van der Waals surface area (Å²) in [6.07, 6.45) is 10.0. The first-order valence-electron chi connectivity index (χ1n) is 9.74. The van der Waals surface area contributed by atoms with Gasteiger partial charge >= 0.3 is 0 Å². The van der Waals surface area contributed by atoms with Gasteiger partial charge in [0.1, 0.15) is 0 Å². The van der Waals surface area contributed by atoms with Crippen molar-refractivity contribution in [2.45, 2.75) is 64.0 Å². The average molecular weight is 335 g/mol. The molecule has 1 aromatic heterocycles. The van der Waals surface area contributed by atoms with Crippen molar-refractivity contribution in [1.29, 1.82) is 0 Å². The van der Waals surface area contributed by atoms with Gasteiger partial charge in [0.2, 0.25) is 0 Å². The summed E-state index contributed by atoms with van der Waals surface area (Å²) in [4.78, 5) is 2.54. The summed E-state index contributed by atoms with van der Waals surface area (Å²) in [5.41, 5.74) is 1.27. The highest BCUT2D eigenvalue weighted by molar-refractivity contribution is 5.10. The second-order valence-electron chi connectivity index (χ2n) is 7.51. The van der Waals surface area contributed by atoms with Crippen molar-refractivity contribution < 1.29 is 9.84 Å². The lowest BCUT2D eigenvalue weighted by molar-refractivity contribution is -0.0160. The zero-order valence-electron chi connectivity index (χ0n) is 15.1. The topological polar surface area (TPSA) is 50.5 Å². The number of rotatable bonds is 7. The maximum Gasteiger partial charge on any atom is 0.0644 e. The molecule has 136 valence electrons. The highest BCUT2D eigenvalue weighted by Crippen LogP contribution is 2.28. The average Bonchev–Trinajstić information content (AvgIpc) is 3.06. The number of ether oxygens (including phenoxy) is 1. The Morgan fingerprint density at radius 1 is 1.21 bits per heavy atom. The number of aliphatic hydroxyl groups is 1. The fourth-order valence-electron chi connectivity index (χ4n) is 4.33. The highest BCUT2D eigenvalue weighted by atomic mass is 16.5. The van der Waals surface area contributed by atoms with Crippen molar-refractivity contribution in [3.63, 3.8) is 0 Å². The number of likely N-dealkylation sites (tertiary alicyclic amines) is 1. The van der Waals surface area contributed by atoms with Gasteiger partial charge in [0.25, 0.3) is 0 Å². The van der Waals surface area contributed by atoms with Gasteiger partial charge in [0.15, 0.2) is 0 Å². The fraction of sp³-hybridized carbons (Fsp3) is 0.842. The Labute approximate surface area is 146 Å². The van der Waals surface area contributed by atoms with E-state index in [1.165, 1.54) is 50.8 Å². The minimum Gasteiger partial charge on any atom is -0.394 e. The van der Waals surface area contributed by atoms with Gasteiger partial charge in [-0.3, -0.25) is 4.68 Å². The summed E-state index contributed by atoms with van der Waals surface area (Å²) < 4.78 is 8.16. The predicted octanol–water partition coefficient (Wildman–Crippen LogP) is 2.65. The highest BCUT2D eigenvalue weighted by Gasteiger charge is 2.25. The van der Waals surface area contributed by atoms with Crippen molar-refractivity contribution in [2.75, 3.05) is 32.8 Å². The van der Waals surface area contributed by atoms with E-state index in [2.05, 4.69) is 23.0 Å². The first kappa shape index (κ1) is 17.9. The number of piperidine rings is 1. The molecule has 24 heavy (non-hydrogen) atoms. The van der Waals surface area contributed by atoms with Gasteiger partial charge in [-0.1, -0.05) is 19.8 Å². The molecule has 5 heteroatoms. The number of nitrogens with zero attached hydrogens (tertiary/aromatic N) is 3. The number of hydrogen-bond acceptors (Lipinski definition) is 4. The van der Waals surface area contributed by atoms with E-state index in [1.54, 1.807) is 0 Å². The molecule has 0 spiro atoms. The molecule has 3 rings (SSSR count). The van der Waals surface area contributed by atoms with Crippen LogP contribution in [0.3, 0.4) is 0 Å². The monoisotopic (exact) mass is 335 g/mol. The molecule has 0 bridgehead atoms. The number of aromatic nitrogens is 2. The summed E-state index contributed by atoms with van der Waals surface area (Å²) in [5.74, 6) is 1.25. The first-order valence-corrected chi connectivity index (χ1v) is 9.74. The van der Waals surface area contributed by atoms with Crippen LogP contribution in [-0.4, -0.2) is 58.7 Å². The lowest BCUT2D eigenvalue weighted by atomic mass is 9.88. The van der Waals surface area contributed by atoms with Crippen LogP contribution in [0, 0.1) is 5.92 Å². The van der Waals surface area contributed by atoms with Gasteiger partial charge < -0.3 is 14.7 Å². The second kappa shape index (κ2) is 8.97. The molecule has 1 aromatic rings. The molecule has 0 radical (unpaired) electrons. The van der Waals surface area contributed by atoms with E-state index in [0.717, 1.165) is 25.6 Å². The minimum atomic E-state index is 0.151. The lowest BCUT2D eigenvalue weighted by Crippen LogP contribution is -2.38. The molecule has 5 nitrogen and oxygen atoms in total. The van der Waals surface area contributed by atoms with Crippen LogP contribution in [0.25, 0.3) is 0 Å². The second-order valence-corrected chi connectivity index (χ2v) is 7.51. The smallest absolute Gasteiger partial charge is 0.0644 e. The molecule has 0 aromatic carbocycles. The molecule has 2 aliphatic rings. The summed E-state index contributed by atoms with van der Waals surface area (Å²) in [6.45, 7) is 7.24. The van der Waals surface area contributed by atoms with Crippen molar-refractivity contribution in [2.24, 2.45) is 5.92 Å². The third kappa shape index (κ3) is 4.58. The molecule has 1 saturated carbocycles. The zero-order chi connectivity index (χ0) is 16.8. The lowest BCUT2D eigenvalue weighted by Gasteiger charge is -2.34. The molecule has 1 aliphatic heterocycles. The molecule has 1 N–H and O–H groups in total. The standard InChI is InChI=1S/C19H33N3O2/c1-16-5-2-3-7-19(16)24-14-12-21-10-4-6-17(15-21)18-8-9-20-22(18)11-13-23/h8-9,16-17,19,23H,2-7,10-15H2,1H3/t16-,17+,19-/m1/s1. The Morgan fingerprint density at radius 2 is 2.08 bits per heavy atom. The van der Waals surface area contributed by atoms with Crippen molar-refractivity contribution in [3.8, 4) is 0 Å². The molecular weight excluding hydrogens is 302 g/mol. The van der Waals surface area contributed by atoms with Crippen LogP contribution in [0.4, 0.5) is 0 Å². The molecule has 2 fully saturated rings. The van der Waals surface area contributed by atoms with E-state index < -0.39 is 0 Å². The summed E-state index contributed by atoms with van der Waals surface area (Å²) in [7, 11) is 0. The van der Waals surface area contributed by atoms with Crippen LogP contribution >= 0.6 is 0 Å². The van der Waals surface area contributed by atoms with Gasteiger partial charge in [-0.25, -0.2) is 0 Å². The van der Waals surface area contributed by atoms with Gasteiger partial charge in [0.05, 0.1) is 25.9 Å². The van der Waals surface area contributed by atoms with Gasteiger partial charge in [-0.2, -0.15) is 5.10 Å². The molecule has 0 unspecified atom stereocenters. The summed E-state index contributed by atoms with van der Waals surface area (Å²) >= 11 is 0. The van der Waals surface area contributed by atoms with E-state index in [9.17, 15) is 5.11 Å². The third-order valence-corrected chi connectivity index (χ3v) is 5.76. The maximum absolute atomic E-state index is 9.19. The van der Waals surface area contributed by atoms with Crippen molar-refractivity contribution in [1.82, 2.24) is 14.7 Å². The van der Waals surface area contributed by atoms with E-state index in [4.69, 9.17) is 4.74 Å². The number of aliphatic hydroxyl groups excluding tert-OH is 1. The summed E-state index contributed by atoms with van der Waals surface area (Å²) in [5, 5.41) is 13.5. The summed E-state index contributed by atoms with van der Waals surface area (Å²) in [6, 6.07) is 2.12. The quantitative estimate of drug-likeness (QED) is 0.832. The zero-order valence-corrected chi connectivity index (χ0v) is 15.1. The third-order valence-electron chi connectivity index (χ3n) is 5.76. The van der Waals surface area contributed by atoms with Crippen LogP contribution in [0.2, 0.25) is 0 Å². The van der Waals surface area contributed by atoms with Crippen LogP contribution in [0.1, 0.15) is 57.1 Å². The molecule has 1 saturated heterocycles. The maximum atomic E-state index is 9.19. The molecule has 2 heterocycles. The predicted molar refractivity (Wildman–Crippen MR) is 95.1 cm³/mol. The molecule has 1 aliphatic carbocycles. The van der Waals surface area contributed by atoms with Crippen LogP contribution in [-0.2, 0) is 11.3 Å². The van der Waals surface area contributed by atoms with E-state index in [1.807, 2.05) is 10.9 Å². The first-order chi connectivity index (χ1) is 11.8. The molecule has 0 amide bonds. The Kier molecular flexibility index (Phi) is 6.69. The van der Waals surface area contributed by atoms with E-state index >= 15 is 0 Å². The molecule has 3 atom stereocenters. The van der Waals surface area contributed by atoms with Crippen molar-refractivity contribution in [3.05, 3.63) is 18.0 Å². The largest absolute Gasteiger partial charge is 0.394 e. The Morgan fingerprint density at radius 3 is 2.92 bits per heavy atom. The van der Waals surface area contributed by atoms with Gasteiger partial charge in [-0.05, 0) is 44.2 Å². The van der Waals surface area contributed by atoms with Crippen LogP contribution in [0.15, 0.2) is 12.3 Å². The molecular formula is C19H33N3O2. The van der Waals surface area contributed by atoms with Crippen LogP contribution < -0.4 is 0 Å². The Balaban J connectivity index is 1.46. The number of hydrogen-bond donors (Lipinski definition) is 1. The Hall–Kier alpha value is -0.910. The van der Waals surface area contributed by atoms with Gasteiger partial charge in [0, 0.05) is 30.9 Å². The minimum absolute atomic E-state index is 0.151. The Bertz CT molecular complexity index is 491. The normalized spacial score (nSPS) is 29.0. The fourth-order valence-corrected chi connectivity index (χ4v) is 4.33. The SMILES string of the molecule is C[C@@H]1CCCC[C@H]1OCCN1CCC[C@H](c2ccnn2CCO)C1. The van der Waals surface area contributed by atoms with Crippen molar-refractivity contribution >= 4 is 0 Å².